The predicted octanol–water partition coefficient (Wildman–Crippen LogP) is 6.43. The summed E-state index contributed by atoms with van der Waals surface area (Å²) in [5.41, 5.74) is 2.08. The third kappa shape index (κ3) is 4.23. The van der Waals surface area contributed by atoms with Crippen molar-refractivity contribution in [3.8, 4) is 0 Å². The van der Waals surface area contributed by atoms with Gasteiger partial charge >= 0.3 is 0 Å². The molecular weight excluding hydrogens is 306 g/mol. The summed E-state index contributed by atoms with van der Waals surface area (Å²) < 4.78 is 26.5. The van der Waals surface area contributed by atoms with Crippen LogP contribution in [0.1, 0.15) is 69.8 Å². The second-order valence-corrected chi connectivity index (χ2v) is 11.5. The van der Waals surface area contributed by atoms with Gasteiger partial charge in [0.1, 0.15) is 0 Å². The number of benzene rings is 1. The van der Waals surface area contributed by atoms with E-state index in [-0.39, 0.29) is 0 Å². The largest absolute Gasteiger partial charge is 0.204 e. The van der Waals surface area contributed by atoms with Gasteiger partial charge in [-0.1, -0.05) is 63.6 Å². The fraction of sp³-hybridized carbons (Fsp3) is 0.700. The molecule has 0 aromatic heterocycles. The van der Waals surface area contributed by atoms with Crippen molar-refractivity contribution in [2.75, 3.05) is 0 Å². The van der Waals surface area contributed by atoms with Crippen LogP contribution in [-0.4, -0.2) is 8.80 Å². The fourth-order valence-corrected chi connectivity index (χ4v) is 9.27. The quantitative estimate of drug-likeness (QED) is 0.556. The Labute approximate surface area is 141 Å². The van der Waals surface area contributed by atoms with Gasteiger partial charge in [-0.3, -0.25) is 0 Å². The highest BCUT2D eigenvalue weighted by molar-refractivity contribution is 6.60. The molecule has 1 saturated carbocycles. The van der Waals surface area contributed by atoms with E-state index in [4.69, 9.17) is 0 Å². The summed E-state index contributed by atoms with van der Waals surface area (Å²) in [6, 6.07) is 7.33. The second kappa shape index (κ2) is 7.91. The van der Waals surface area contributed by atoms with Crippen molar-refractivity contribution in [1.82, 2.24) is 0 Å². The van der Waals surface area contributed by atoms with Crippen LogP contribution in [0.2, 0.25) is 17.6 Å². The van der Waals surface area contributed by atoms with E-state index in [1.807, 2.05) is 0 Å². The van der Waals surface area contributed by atoms with E-state index in [1.165, 1.54) is 75.6 Å². The lowest BCUT2D eigenvalue weighted by Crippen LogP contribution is -2.29. The maximum Gasteiger partial charge on any atom is 0.159 e. The third-order valence-corrected chi connectivity index (χ3v) is 10.6. The van der Waals surface area contributed by atoms with Crippen molar-refractivity contribution in [3.63, 3.8) is 0 Å². The molecule has 1 aromatic carbocycles. The van der Waals surface area contributed by atoms with Gasteiger partial charge in [-0.15, -0.1) is 0 Å². The van der Waals surface area contributed by atoms with Crippen LogP contribution in [0, 0.1) is 17.6 Å². The first-order chi connectivity index (χ1) is 11.2. The molecule has 0 radical (unpaired) electrons. The van der Waals surface area contributed by atoms with E-state index >= 15 is 0 Å². The molecule has 1 aliphatic heterocycles. The van der Waals surface area contributed by atoms with E-state index in [9.17, 15) is 8.78 Å². The number of rotatable bonds is 4. The van der Waals surface area contributed by atoms with Gasteiger partial charge in [-0.05, 0) is 47.9 Å². The summed E-state index contributed by atoms with van der Waals surface area (Å²) in [6.07, 6.45) is 11.1. The summed E-state index contributed by atoms with van der Waals surface area (Å²) >= 11 is 0. The fourth-order valence-electron chi connectivity index (χ4n) is 5.05. The highest BCUT2D eigenvalue weighted by Crippen LogP contribution is 2.43. The maximum atomic E-state index is 13.4. The minimum Gasteiger partial charge on any atom is -0.204 e. The lowest BCUT2D eigenvalue weighted by atomic mass is 9.86. The molecule has 1 saturated heterocycles. The molecule has 0 bridgehead atoms. The Balaban J connectivity index is 1.50. The molecule has 2 fully saturated rings. The average Bonchev–Trinajstić information content (AvgIpc) is 2.59. The van der Waals surface area contributed by atoms with Crippen LogP contribution in [0.5, 0.6) is 0 Å². The van der Waals surface area contributed by atoms with E-state index in [2.05, 4.69) is 6.92 Å². The molecule has 0 amide bonds. The summed E-state index contributed by atoms with van der Waals surface area (Å²) in [5, 5.41) is 0. The number of hydrogen-bond donors (Lipinski definition) is 0. The van der Waals surface area contributed by atoms with Gasteiger partial charge in [0, 0.05) is 8.80 Å². The monoisotopic (exact) mass is 336 g/mol. The molecule has 1 heterocycles. The topological polar surface area (TPSA) is 0 Å². The van der Waals surface area contributed by atoms with Gasteiger partial charge in [0.05, 0.1) is 0 Å². The summed E-state index contributed by atoms with van der Waals surface area (Å²) in [6.45, 7) is 2.31. The van der Waals surface area contributed by atoms with Crippen molar-refractivity contribution >= 4 is 8.80 Å². The van der Waals surface area contributed by atoms with Crippen LogP contribution in [-0.2, 0) is 0 Å². The van der Waals surface area contributed by atoms with E-state index < -0.39 is 20.4 Å². The summed E-state index contributed by atoms with van der Waals surface area (Å²) in [5.74, 6) is 0.0609. The maximum absolute atomic E-state index is 13.4. The van der Waals surface area contributed by atoms with Crippen molar-refractivity contribution < 1.29 is 8.78 Å². The molecule has 2 aliphatic rings. The Kier molecular flexibility index (Phi) is 5.89. The lowest BCUT2D eigenvalue weighted by Gasteiger charge is -2.37. The molecule has 0 atom stereocenters. The van der Waals surface area contributed by atoms with Gasteiger partial charge in [-0.2, -0.15) is 0 Å². The lowest BCUT2D eigenvalue weighted by molar-refractivity contribution is 0.332. The highest BCUT2D eigenvalue weighted by Gasteiger charge is 2.32. The summed E-state index contributed by atoms with van der Waals surface area (Å²) in [7, 11) is -0.607. The van der Waals surface area contributed by atoms with Crippen molar-refractivity contribution in [2.24, 2.45) is 5.92 Å². The van der Waals surface area contributed by atoms with Crippen LogP contribution in [0.4, 0.5) is 8.78 Å². The molecule has 0 N–H and O–H groups in total. The molecule has 0 nitrogen and oxygen atoms in total. The highest BCUT2D eigenvalue weighted by atomic mass is 28.3. The molecular formula is C20H30F2Si. The smallest absolute Gasteiger partial charge is 0.159 e. The number of hydrogen-bond acceptors (Lipinski definition) is 0. The Morgan fingerprint density at radius 3 is 2.26 bits per heavy atom. The molecule has 1 aliphatic carbocycles. The van der Waals surface area contributed by atoms with Crippen LogP contribution in [0.3, 0.4) is 0 Å². The molecule has 128 valence electrons. The normalized spacial score (nSPS) is 32.0. The van der Waals surface area contributed by atoms with Crippen molar-refractivity contribution in [2.45, 2.75) is 81.8 Å². The zero-order valence-corrected chi connectivity index (χ0v) is 15.5. The van der Waals surface area contributed by atoms with Gasteiger partial charge in [0.2, 0.25) is 0 Å². The minimum atomic E-state index is -0.722. The Morgan fingerprint density at radius 2 is 1.65 bits per heavy atom. The Morgan fingerprint density at radius 1 is 0.957 bits per heavy atom. The van der Waals surface area contributed by atoms with E-state index in [0.717, 1.165) is 17.0 Å². The molecule has 23 heavy (non-hydrogen) atoms. The molecule has 3 rings (SSSR count). The second-order valence-electron chi connectivity index (χ2n) is 7.85. The first kappa shape index (κ1) is 17.1. The van der Waals surface area contributed by atoms with Gasteiger partial charge < -0.3 is 0 Å². The summed E-state index contributed by atoms with van der Waals surface area (Å²) in [4.78, 5) is 0. The van der Waals surface area contributed by atoms with Crippen molar-refractivity contribution in [3.05, 3.63) is 35.4 Å². The molecule has 0 spiro atoms. The molecule has 0 unspecified atom stereocenters. The SMILES string of the molecule is CCC[C@H]1CC[C@H]([Si@H]2CC[C@H](c3ccc(F)c(F)c3)CC2)CC1. The zero-order valence-electron chi connectivity index (χ0n) is 14.4. The van der Waals surface area contributed by atoms with Crippen LogP contribution in [0.15, 0.2) is 18.2 Å². The van der Waals surface area contributed by atoms with E-state index in [1.54, 1.807) is 6.07 Å². The first-order valence-electron chi connectivity index (χ1n) is 9.62. The van der Waals surface area contributed by atoms with Gasteiger partial charge in [-0.25, -0.2) is 8.78 Å². The van der Waals surface area contributed by atoms with Crippen molar-refractivity contribution in [1.29, 1.82) is 0 Å². The average molecular weight is 337 g/mol. The Hall–Kier alpha value is -0.703. The van der Waals surface area contributed by atoms with Crippen LogP contribution < -0.4 is 0 Å². The van der Waals surface area contributed by atoms with Gasteiger partial charge in [0.15, 0.2) is 11.6 Å². The predicted molar refractivity (Wildman–Crippen MR) is 95.7 cm³/mol. The Bertz CT molecular complexity index is 500. The minimum absolute atomic E-state index is 0.463. The van der Waals surface area contributed by atoms with Crippen LogP contribution >= 0.6 is 0 Å². The molecule has 3 heteroatoms. The van der Waals surface area contributed by atoms with Crippen LogP contribution in [0.25, 0.3) is 0 Å². The zero-order chi connectivity index (χ0) is 16.2. The number of halogens is 2. The standard InChI is InChI=1S/C20H30F2Si/c1-2-3-15-4-7-18(8-5-15)23-12-10-16(11-13-23)17-6-9-19(21)20(22)14-17/h6,9,14-16,18,23H,2-5,7-8,10-13H2,1H3/t15-,16-,18-,23-. The van der Waals surface area contributed by atoms with E-state index in [0.29, 0.717) is 5.92 Å². The van der Waals surface area contributed by atoms with Gasteiger partial charge in [0.25, 0.3) is 0 Å². The third-order valence-electron chi connectivity index (χ3n) is 6.44. The first-order valence-corrected chi connectivity index (χ1v) is 11.9. The molecule has 1 aromatic rings.